The van der Waals surface area contributed by atoms with E-state index < -0.39 is 100.0 Å². The molecule has 2 heterocycles. The van der Waals surface area contributed by atoms with Crippen LogP contribution in [0.1, 0.15) is 107 Å². The average molecular weight is 1290 g/mol. The van der Waals surface area contributed by atoms with Crippen LogP contribution in [-0.4, -0.2) is 230 Å². The van der Waals surface area contributed by atoms with Crippen LogP contribution in [0.15, 0.2) is 41.3 Å². The van der Waals surface area contributed by atoms with Gasteiger partial charge in [-0.3, -0.25) is 53.0 Å². The smallest absolute Gasteiger partial charge is 0.312 e. The Morgan fingerprint density at radius 2 is 1.31 bits per heavy atom. The number of nitrogens with one attached hydrogen (secondary N) is 6. The lowest BCUT2D eigenvalue weighted by Crippen LogP contribution is -2.59. The van der Waals surface area contributed by atoms with Crippen molar-refractivity contribution in [3.05, 3.63) is 36.4 Å². The zero-order valence-corrected chi connectivity index (χ0v) is 55.8. The van der Waals surface area contributed by atoms with E-state index in [0.717, 1.165) is 4.90 Å². The normalized spacial score (nSPS) is 17.3. The van der Waals surface area contributed by atoms with Gasteiger partial charge in [0.15, 0.2) is 0 Å². The molecule has 1 saturated heterocycles. The fourth-order valence-electron chi connectivity index (χ4n) is 11.0. The number of primary amides is 1. The lowest BCUT2D eigenvalue weighted by atomic mass is 9.89. The van der Waals surface area contributed by atoms with Crippen molar-refractivity contribution in [1.29, 1.82) is 0 Å². The van der Waals surface area contributed by atoms with Crippen molar-refractivity contribution < 1.29 is 80.0 Å². The number of nitrogens with zero attached hydrogens (tertiary/aromatic N) is 4. The van der Waals surface area contributed by atoms with Gasteiger partial charge in [0.05, 0.1) is 93.8 Å². The molecule has 28 nitrogen and oxygen atoms in total. The molecule has 508 valence electrons. The van der Waals surface area contributed by atoms with Crippen LogP contribution in [0.2, 0.25) is 0 Å². The third kappa shape index (κ3) is 23.9. The Kier molecular flexibility index (Phi) is 33.0. The summed E-state index contributed by atoms with van der Waals surface area (Å²) in [5.74, 6) is -6.41. The Morgan fingerprint density at radius 3 is 1.84 bits per heavy atom. The summed E-state index contributed by atoms with van der Waals surface area (Å²) >= 11 is 0. The van der Waals surface area contributed by atoms with Crippen molar-refractivity contribution in [2.75, 3.05) is 100.0 Å². The van der Waals surface area contributed by atoms with Gasteiger partial charge < -0.3 is 65.8 Å². The number of likely N-dealkylation sites (N-methyl/N-ethyl adjacent to an activating group) is 2. The maximum absolute atomic E-state index is 14.4. The summed E-state index contributed by atoms with van der Waals surface area (Å²) in [6, 6.07) is -0.698. The second-order valence-electron chi connectivity index (χ2n) is 24.0. The number of sulfonamides is 1. The number of ether oxygens (including phenoxy) is 5. The number of hydrogen-bond acceptors (Lipinski definition) is 18. The largest absolute Gasteiger partial charge is 0.379 e. The molecule has 0 saturated carbocycles. The van der Waals surface area contributed by atoms with E-state index in [-0.39, 0.29) is 136 Å². The molecule has 29 heteroatoms. The maximum atomic E-state index is 14.4. The lowest BCUT2D eigenvalue weighted by molar-refractivity contribution is -0.148. The molecular formula is C61H101N11O17S. The summed E-state index contributed by atoms with van der Waals surface area (Å²) in [5.41, 5.74) is 5.35. The number of amides is 11. The standard InChI is InChI=1S/C61H101N11O17S/c1-15-40(8)54(70(12)60(81)52(38(4)5)67-59(80)53(39(6)7)69(10)11)46(85-13)36-50(76)71-28-17-19-45(71)55(86-14)41(9)56(77)68-90(83,84)43-22-20-42(21-23-43)64-57(78)44(18-16-27-63-61(62)82)65-58(79)51(37(2)3)66-47(73)26-30-87-32-34-89-35-33-88-31-29-72-48(74)24-25-49(72)75/h20-25,37-41,44-46,51-55H,15-19,26-36H2,1-14H3,(H,64,78)(H,65,79)(H,66,73)(H,67,80)(H,68,77)(H3,62,63,82)/t40-,41+,44-,45-,46+,51-,52-,53-,54-,55+/m0/s1. The second kappa shape index (κ2) is 38.3. The first-order chi connectivity index (χ1) is 42.4. The summed E-state index contributed by atoms with van der Waals surface area (Å²) in [6.45, 7) is 18.0. The number of methoxy groups -OCH3 is 2. The fourth-order valence-corrected chi connectivity index (χ4v) is 12.0. The molecule has 0 radical (unpaired) electrons. The van der Waals surface area contributed by atoms with Gasteiger partial charge in [0.2, 0.25) is 41.4 Å². The first-order valence-electron chi connectivity index (χ1n) is 30.9. The van der Waals surface area contributed by atoms with Crippen LogP contribution in [-0.2, 0) is 76.9 Å². The molecule has 0 aliphatic carbocycles. The van der Waals surface area contributed by atoms with Crippen molar-refractivity contribution in [3.8, 4) is 0 Å². The molecule has 0 unspecified atom stereocenters. The summed E-state index contributed by atoms with van der Waals surface area (Å²) in [5, 5.41) is 13.5. The molecular weight excluding hydrogens is 1190 g/mol. The van der Waals surface area contributed by atoms with Gasteiger partial charge in [-0.15, -0.1) is 0 Å². The van der Waals surface area contributed by atoms with Crippen molar-refractivity contribution >= 4 is 74.9 Å². The minimum Gasteiger partial charge on any atom is -0.379 e. The van der Waals surface area contributed by atoms with Gasteiger partial charge in [-0.1, -0.05) is 68.7 Å². The van der Waals surface area contributed by atoms with E-state index in [2.05, 4.69) is 31.3 Å². The van der Waals surface area contributed by atoms with Crippen LogP contribution in [0, 0.1) is 29.6 Å². The molecule has 1 aromatic rings. The van der Waals surface area contributed by atoms with Gasteiger partial charge in [-0.25, -0.2) is 17.9 Å². The van der Waals surface area contributed by atoms with E-state index in [0.29, 0.717) is 25.8 Å². The minimum absolute atomic E-state index is 0.00784. The molecule has 0 aromatic heterocycles. The first kappa shape index (κ1) is 77.6. The van der Waals surface area contributed by atoms with Gasteiger partial charge in [0, 0.05) is 58.6 Å². The first-order valence-corrected chi connectivity index (χ1v) is 32.4. The molecule has 2 aliphatic heterocycles. The Labute approximate surface area is 530 Å². The van der Waals surface area contributed by atoms with Crippen molar-refractivity contribution in [2.45, 2.75) is 161 Å². The predicted molar refractivity (Wildman–Crippen MR) is 334 cm³/mol. The van der Waals surface area contributed by atoms with Crippen LogP contribution in [0.25, 0.3) is 0 Å². The van der Waals surface area contributed by atoms with Crippen LogP contribution in [0.5, 0.6) is 0 Å². The zero-order valence-electron chi connectivity index (χ0n) is 55.0. The molecule has 2 aliphatic rings. The quantitative estimate of drug-likeness (QED) is 0.0361. The van der Waals surface area contributed by atoms with E-state index in [1.807, 2.05) is 60.5 Å². The van der Waals surface area contributed by atoms with E-state index >= 15 is 0 Å². The molecule has 8 N–H and O–H groups in total. The second-order valence-corrected chi connectivity index (χ2v) is 25.7. The summed E-state index contributed by atoms with van der Waals surface area (Å²) in [4.78, 5) is 137. The highest BCUT2D eigenvalue weighted by molar-refractivity contribution is 7.90. The predicted octanol–water partition coefficient (Wildman–Crippen LogP) is 1.52. The molecule has 1 aromatic carbocycles. The molecule has 10 atom stereocenters. The number of nitrogens with two attached hydrogens (primary N) is 1. The Hall–Kier alpha value is -6.63. The number of likely N-dealkylation sites (tertiary alicyclic amines) is 1. The van der Waals surface area contributed by atoms with Crippen molar-refractivity contribution in [1.82, 2.24) is 45.6 Å². The third-order valence-electron chi connectivity index (χ3n) is 16.1. The topological polar surface area (TPSA) is 362 Å². The third-order valence-corrected chi connectivity index (χ3v) is 17.4. The van der Waals surface area contributed by atoms with Gasteiger partial charge in [0.1, 0.15) is 18.1 Å². The minimum atomic E-state index is -4.53. The lowest BCUT2D eigenvalue weighted by Gasteiger charge is -2.41. The Balaban J connectivity index is 1.64. The highest BCUT2D eigenvalue weighted by Gasteiger charge is 2.44. The summed E-state index contributed by atoms with van der Waals surface area (Å²) < 4.78 is 57.9. The van der Waals surface area contributed by atoms with E-state index in [1.54, 1.807) is 30.7 Å². The molecule has 0 bridgehead atoms. The van der Waals surface area contributed by atoms with Gasteiger partial charge in [-0.2, -0.15) is 0 Å². The van der Waals surface area contributed by atoms with Crippen LogP contribution in [0.3, 0.4) is 0 Å². The number of anilines is 1. The molecule has 3 rings (SSSR count). The van der Waals surface area contributed by atoms with Crippen molar-refractivity contribution in [2.24, 2.45) is 35.3 Å². The molecule has 90 heavy (non-hydrogen) atoms. The average Bonchev–Trinajstić information content (AvgIpc) is 1.72. The van der Waals surface area contributed by atoms with E-state index in [9.17, 15) is 56.4 Å². The highest BCUT2D eigenvalue weighted by atomic mass is 32.2. The zero-order chi connectivity index (χ0) is 67.6. The monoisotopic (exact) mass is 1290 g/mol. The maximum Gasteiger partial charge on any atom is 0.312 e. The molecule has 0 spiro atoms. The van der Waals surface area contributed by atoms with Crippen molar-refractivity contribution in [3.63, 3.8) is 0 Å². The summed E-state index contributed by atoms with van der Waals surface area (Å²) in [7, 11) is 3.63. The number of hydrogen-bond donors (Lipinski definition) is 7. The number of imide groups is 1. The van der Waals surface area contributed by atoms with Gasteiger partial charge >= 0.3 is 6.03 Å². The van der Waals surface area contributed by atoms with Gasteiger partial charge in [0.25, 0.3) is 21.8 Å². The van der Waals surface area contributed by atoms with E-state index in [1.165, 1.54) is 57.6 Å². The number of benzene rings is 1. The molecule has 11 amide bonds. The van der Waals surface area contributed by atoms with Crippen LogP contribution in [0.4, 0.5) is 10.5 Å². The summed E-state index contributed by atoms with van der Waals surface area (Å²) in [6.07, 6.45) is 2.30. The number of urea groups is 1. The van der Waals surface area contributed by atoms with Crippen LogP contribution < -0.4 is 37.0 Å². The number of carbonyl (C=O) groups is 10. The number of carbonyl (C=O) groups excluding carboxylic acids is 10. The Bertz CT molecular complexity index is 2670. The van der Waals surface area contributed by atoms with Crippen LogP contribution >= 0.6 is 0 Å². The molecule has 1 fully saturated rings. The number of rotatable bonds is 41. The highest BCUT2D eigenvalue weighted by Crippen LogP contribution is 2.30. The fraction of sp³-hybridized carbons (Fsp3) is 0.705. The van der Waals surface area contributed by atoms with E-state index in [4.69, 9.17) is 29.4 Å². The Morgan fingerprint density at radius 1 is 0.722 bits per heavy atom. The SMILES string of the molecule is CC[C@H](C)[C@@H]([C@@H](CC(=O)N1CCC[C@H]1[C@H](OC)[C@@H](C)C(=O)NS(=O)(=O)c1ccc(NC(=O)[C@H](CCCNC(N)=O)NC(=O)[C@@H](NC(=O)CCOCCOCCOCCN2C(=O)C=CC2=O)C(C)C)cc1)OC)N(C)C(=O)[C@@H](NC(=O)[C@H](C(C)C)N(C)C)C(C)C. The van der Waals surface area contributed by atoms with Gasteiger partial charge in [-0.05, 0) is 87.7 Å².